The number of rotatable bonds is 4. The second kappa shape index (κ2) is 5.87. The molecule has 1 N–H and O–H groups in total. The zero-order chi connectivity index (χ0) is 14.8. The Morgan fingerprint density at radius 1 is 1.24 bits per heavy atom. The summed E-state index contributed by atoms with van der Waals surface area (Å²) in [7, 11) is 0. The van der Waals surface area contributed by atoms with E-state index in [0.29, 0.717) is 10.6 Å². The van der Waals surface area contributed by atoms with Crippen molar-refractivity contribution < 1.29 is 9.90 Å². The Hall–Kier alpha value is -1.85. The van der Waals surface area contributed by atoms with Crippen LogP contribution in [0.4, 0.5) is 0 Å². The molecule has 0 amide bonds. The Balaban J connectivity index is 1.84. The van der Waals surface area contributed by atoms with Gasteiger partial charge in [0.2, 0.25) is 0 Å². The van der Waals surface area contributed by atoms with Crippen LogP contribution < -0.4 is 0 Å². The zero-order valence-electron chi connectivity index (χ0n) is 11.4. The monoisotopic (exact) mass is 315 g/mol. The molecule has 106 valence electrons. The molecule has 0 fully saturated rings. The van der Waals surface area contributed by atoms with Crippen molar-refractivity contribution in [1.29, 1.82) is 0 Å². The SMILES string of the molecule is Cc1nc(SCc2cccc3ccccc23)sc1C(=O)O. The summed E-state index contributed by atoms with van der Waals surface area (Å²) < 4.78 is 0.804. The van der Waals surface area contributed by atoms with Gasteiger partial charge in [-0.2, -0.15) is 0 Å². The van der Waals surface area contributed by atoms with Crippen LogP contribution in [0.15, 0.2) is 46.8 Å². The van der Waals surface area contributed by atoms with Crippen molar-refractivity contribution in [1.82, 2.24) is 4.98 Å². The molecule has 0 bridgehead atoms. The third-order valence-corrected chi connectivity index (χ3v) is 5.54. The maximum Gasteiger partial charge on any atom is 0.347 e. The molecule has 3 nitrogen and oxygen atoms in total. The van der Waals surface area contributed by atoms with Gasteiger partial charge >= 0.3 is 5.97 Å². The highest BCUT2D eigenvalue weighted by Gasteiger charge is 2.14. The van der Waals surface area contributed by atoms with Gasteiger partial charge in [-0.05, 0) is 23.3 Å². The molecule has 0 aliphatic carbocycles. The summed E-state index contributed by atoms with van der Waals surface area (Å²) in [5, 5.41) is 11.5. The van der Waals surface area contributed by atoms with Crippen LogP contribution in [-0.2, 0) is 5.75 Å². The number of aryl methyl sites for hydroxylation is 1. The molecule has 0 saturated carbocycles. The fourth-order valence-electron chi connectivity index (χ4n) is 2.19. The number of thiazole rings is 1. The first-order valence-electron chi connectivity index (χ1n) is 6.45. The van der Waals surface area contributed by atoms with Crippen LogP contribution in [0.5, 0.6) is 0 Å². The second-order valence-corrected chi connectivity index (χ2v) is 6.85. The molecule has 0 radical (unpaired) electrons. The molecule has 5 heteroatoms. The summed E-state index contributed by atoms with van der Waals surface area (Å²) in [5.74, 6) is -0.116. The molecule has 1 aromatic heterocycles. The molecule has 0 saturated heterocycles. The predicted molar refractivity (Wildman–Crippen MR) is 87.3 cm³/mol. The van der Waals surface area contributed by atoms with Gasteiger partial charge in [0.1, 0.15) is 4.88 Å². The van der Waals surface area contributed by atoms with Crippen LogP contribution in [0.1, 0.15) is 20.9 Å². The lowest BCUT2D eigenvalue weighted by Crippen LogP contribution is -1.94. The molecule has 21 heavy (non-hydrogen) atoms. The van der Waals surface area contributed by atoms with Crippen LogP contribution in [0.25, 0.3) is 10.8 Å². The Labute approximate surface area is 130 Å². The average molecular weight is 315 g/mol. The minimum absolute atomic E-state index is 0.329. The fourth-order valence-corrected chi connectivity index (χ4v) is 4.22. The maximum atomic E-state index is 11.0. The van der Waals surface area contributed by atoms with E-state index in [-0.39, 0.29) is 0 Å². The Morgan fingerprint density at radius 2 is 2.00 bits per heavy atom. The number of carboxylic acids is 1. The molecule has 3 aromatic rings. The molecule has 0 spiro atoms. The van der Waals surface area contributed by atoms with Crippen LogP contribution >= 0.6 is 23.1 Å². The van der Waals surface area contributed by atoms with Gasteiger partial charge in [0.15, 0.2) is 4.34 Å². The van der Waals surface area contributed by atoms with Crippen LogP contribution in [0.2, 0.25) is 0 Å². The van der Waals surface area contributed by atoms with Gasteiger partial charge in [-0.25, -0.2) is 9.78 Å². The van der Waals surface area contributed by atoms with E-state index in [1.807, 2.05) is 18.2 Å². The fraction of sp³-hybridized carbons (Fsp3) is 0.125. The summed E-state index contributed by atoms with van der Waals surface area (Å²) in [6.07, 6.45) is 0. The lowest BCUT2D eigenvalue weighted by molar-refractivity contribution is 0.0701. The number of benzene rings is 2. The topological polar surface area (TPSA) is 50.2 Å². The van der Waals surface area contributed by atoms with Crippen LogP contribution in [0, 0.1) is 6.92 Å². The number of hydrogen-bond donors (Lipinski definition) is 1. The number of aromatic carboxylic acids is 1. The van der Waals surface area contributed by atoms with E-state index >= 15 is 0 Å². The van der Waals surface area contributed by atoms with Crippen molar-refractivity contribution >= 4 is 39.8 Å². The lowest BCUT2D eigenvalue weighted by atomic mass is 10.1. The standard InChI is InChI=1S/C16H13NO2S2/c1-10-14(15(18)19)21-16(17-10)20-9-12-7-4-6-11-5-2-3-8-13(11)12/h2-8H,9H2,1H3,(H,18,19). The molecule has 0 aliphatic rings. The summed E-state index contributed by atoms with van der Waals surface area (Å²) >= 11 is 2.83. The molecule has 0 unspecified atom stereocenters. The van der Waals surface area contributed by atoms with E-state index in [9.17, 15) is 4.79 Å². The van der Waals surface area contributed by atoms with E-state index in [0.717, 1.165) is 10.1 Å². The number of carboxylic acid groups (broad SMARTS) is 1. The van der Waals surface area contributed by atoms with E-state index in [1.54, 1.807) is 18.7 Å². The highest BCUT2D eigenvalue weighted by Crippen LogP contribution is 2.31. The van der Waals surface area contributed by atoms with Gasteiger partial charge in [0.25, 0.3) is 0 Å². The largest absolute Gasteiger partial charge is 0.477 e. The van der Waals surface area contributed by atoms with Gasteiger partial charge in [0, 0.05) is 5.75 Å². The predicted octanol–water partition coefficient (Wildman–Crippen LogP) is 4.60. The Morgan fingerprint density at radius 3 is 2.76 bits per heavy atom. The number of hydrogen-bond acceptors (Lipinski definition) is 4. The van der Waals surface area contributed by atoms with Crippen LogP contribution in [0.3, 0.4) is 0 Å². The van der Waals surface area contributed by atoms with E-state index < -0.39 is 5.97 Å². The van der Waals surface area contributed by atoms with Crippen LogP contribution in [-0.4, -0.2) is 16.1 Å². The number of thioether (sulfide) groups is 1. The third-order valence-electron chi connectivity index (χ3n) is 3.20. The van der Waals surface area contributed by atoms with E-state index in [1.165, 1.54) is 27.7 Å². The van der Waals surface area contributed by atoms with Crippen molar-refractivity contribution in [2.75, 3.05) is 0 Å². The minimum atomic E-state index is -0.901. The van der Waals surface area contributed by atoms with Crippen molar-refractivity contribution in [2.45, 2.75) is 17.0 Å². The molecule has 1 heterocycles. The number of nitrogens with zero attached hydrogens (tertiary/aromatic N) is 1. The highest BCUT2D eigenvalue weighted by molar-refractivity contribution is 8.00. The quantitative estimate of drug-likeness (QED) is 0.715. The van der Waals surface area contributed by atoms with Gasteiger partial charge in [0.05, 0.1) is 5.69 Å². The van der Waals surface area contributed by atoms with Gasteiger partial charge in [-0.3, -0.25) is 0 Å². The van der Waals surface area contributed by atoms with Gasteiger partial charge in [-0.1, -0.05) is 54.2 Å². The van der Waals surface area contributed by atoms with Crippen molar-refractivity contribution in [3.8, 4) is 0 Å². The Kier molecular flexibility index (Phi) is 3.94. The average Bonchev–Trinajstić information content (AvgIpc) is 2.86. The minimum Gasteiger partial charge on any atom is -0.477 e. The Bertz CT molecular complexity index is 806. The summed E-state index contributed by atoms with van der Waals surface area (Å²) in [5.41, 5.74) is 1.83. The molecule has 0 aliphatic heterocycles. The highest BCUT2D eigenvalue weighted by atomic mass is 32.2. The lowest BCUT2D eigenvalue weighted by Gasteiger charge is -2.04. The van der Waals surface area contributed by atoms with E-state index in [4.69, 9.17) is 5.11 Å². The second-order valence-electron chi connectivity index (χ2n) is 4.63. The zero-order valence-corrected chi connectivity index (χ0v) is 13.0. The summed E-state index contributed by atoms with van der Waals surface area (Å²) in [4.78, 5) is 15.7. The summed E-state index contributed by atoms with van der Waals surface area (Å²) in [6, 6.07) is 14.5. The molecule has 3 rings (SSSR count). The van der Waals surface area contributed by atoms with E-state index in [2.05, 4.69) is 29.2 Å². The molecule has 0 atom stereocenters. The maximum absolute atomic E-state index is 11.0. The first-order valence-corrected chi connectivity index (χ1v) is 8.25. The van der Waals surface area contributed by atoms with Gasteiger partial charge < -0.3 is 5.11 Å². The molecular formula is C16H13NO2S2. The van der Waals surface area contributed by atoms with Crippen molar-refractivity contribution in [3.05, 3.63) is 58.6 Å². The first kappa shape index (κ1) is 14.1. The number of carbonyl (C=O) groups is 1. The summed E-state index contributed by atoms with van der Waals surface area (Å²) in [6.45, 7) is 1.74. The smallest absolute Gasteiger partial charge is 0.347 e. The number of aromatic nitrogens is 1. The van der Waals surface area contributed by atoms with Crippen molar-refractivity contribution in [2.24, 2.45) is 0 Å². The molecule has 2 aromatic carbocycles. The normalized spacial score (nSPS) is 10.9. The third kappa shape index (κ3) is 2.94. The van der Waals surface area contributed by atoms with Gasteiger partial charge in [-0.15, -0.1) is 11.3 Å². The first-order chi connectivity index (χ1) is 10.1. The molecular weight excluding hydrogens is 302 g/mol. The van der Waals surface area contributed by atoms with Crippen molar-refractivity contribution in [3.63, 3.8) is 0 Å². The number of fused-ring (bicyclic) bond motifs is 1.